The first kappa shape index (κ1) is 25.9. The Kier molecular flexibility index (Phi) is 9.48. The predicted molar refractivity (Wildman–Crippen MR) is 144 cm³/mol. The number of benzene rings is 1. The van der Waals surface area contributed by atoms with E-state index < -0.39 is 0 Å². The minimum Gasteiger partial charge on any atom is -0.379 e. The lowest BCUT2D eigenvalue weighted by Crippen LogP contribution is -2.41. The number of carbonyl (C=O) groups is 1. The number of amides is 1. The van der Waals surface area contributed by atoms with E-state index in [1.807, 2.05) is 13.2 Å². The van der Waals surface area contributed by atoms with E-state index in [4.69, 9.17) is 4.74 Å². The molecular formula is C26H38N8O2. The van der Waals surface area contributed by atoms with Crippen molar-refractivity contribution < 1.29 is 9.53 Å². The molecule has 10 heteroatoms. The van der Waals surface area contributed by atoms with Crippen LogP contribution in [0.1, 0.15) is 25.3 Å². The van der Waals surface area contributed by atoms with Crippen LogP contribution in [0.4, 0.5) is 11.8 Å². The fourth-order valence-corrected chi connectivity index (χ4v) is 4.18. The zero-order valence-electron chi connectivity index (χ0n) is 21.3. The number of anilines is 2. The smallest absolute Gasteiger partial charge is 0.224 e. The summed E-state index contributed by atoms with van der Waals surface area (Å²) in [5.74, 6) is 1.53. The van der Waals surface area contributed by atoms with Crippen LogP contribution in [-0.4, -0.2) is 84.9 Å². The lowest BCUT2D eigenvalue weighted by molar-refractivity contribution is -0.121. The summed E-state index contributed by atoms with van der Waals surface area (Å²) in [5.41, 5.74) is 3.08. The van der Waals surface area contributed by atoms with Crippen LogP contribution >= 0.6 is 0 Å². The lowest BCUT2D eigenvalue weighted by Gasteiger charge is -2.26. The minimum absolute atomic E-state index is 0.0835. The molecule has 1 aliphatic rings. The van der Waals surface area contributed by atoms with Crippen LogP contribution in [0.2, 0.25) is 0 Å². The van der Waals surface area contributed by atoms with Crippen molar-refractivity contribution in [2.24, 2.45) is 0 Å². The topological polar surface area (TPSA) is 108 Å². The number of hydrogen-bond donors (Lipinski definition) is 4. The number of nitrogens with zero attached hydrogens (tertiary/aromatic N) is 4. The molecule has 10 nitrogen and oxygen atoms in total. The molecule has 0 aliphatic carbocycles. The molecule has 0 spiro atoms. The number of ether oxygens (including phenoxy) is 1. The van der Waals surface area contributed by atoms with Crippen LogP contribution in [0.15, 0.2) is 36.7 Å². The van der Waals surface area contributed by atoms with E-state index >= 15 is 0 Å². The number of hydrogen-bond acceptors (Lipinski definition) is 8. The number of fused-ring (bicyclic) bond motifs is 1. The van der Waals surface area contributed by atoms with Gasteiger partial charge < -0.3 is 30.6 Å². The summed E-state index contributed by atoms with van der Waals surface area (Å²) in [7, 11) is 1.83. The highest BCUT2D eigenvalue weighted by Gasteiger charge is 2.11. The average molecular weight is 495 g/mol. The molecule has 1 amide bonds. The predicted octanol–water partition coefficient (Wildman–Crippen LogP) is 2.21. The van der Waals surface area contributed by atoms with Crippen LogP contribution < -0.4 is 21.3 Å². The van der Waals surface area contributed by atoms with Gasteiger partial charge in [0.05, 0.1) is 18.7 Å². The second-order valence-corrected chi connectivity index (χ2v) is 8.93. The van der Waals surface area contributed by atoms with E-state index in [9.17, 15) is 4.79 Å². The van der Waals surface area contributed by atoms with Gasteiger partial charge in [-0.05, 0) is 36.2 Å². The largest absolute Gasteiger partial charge is 0.379 e. The zero-order chi connectivity index (χ0) is 25.2. The first-order chi connectivity index (χ1) is 17.7. The van der Waals surface area contributed by atoms with Crippen LogP contribution in [-0.2, 0) is 16.1 Å². The molecule has 1 saturated heterocycles. The van der Waals surface area contributed by atoms with Gasteiger partial charge in [0.1, 0.15) is 5.82 Å². The zero-order valence-corrected chi connectivity index (χ0v) is 21.3. The summed E-state index contributed by atoms with van der Waals surface area (Å²) in [6.45, 7) is 9.35. The Labute approximate surface area is 212 Å². The van der Waals surface area contributed by atoms with Crippen molar-refractivity contribution in [2.75, 3.05) is 70.2 Å². The number of aromatic nitrogens is 3. The first-order valence-corrected chi connectivity index (χ1v) is 12.8. The summed E-state index contributed by atoms with van der Waals surface area (Å²) in [4.78, 5) is 23.6. The van der Waals surface area contributed by atoms with E-state index in [1.54, 1.807) is 0 Å². The van der Waals surface area contributed by atoms with Gasteiger partial charge in [-0.1, -0.05) is 6.92 Å². The number of carbonyl (C=O) groups excluding carboxylic acids is 1. The van der Waals surface area contributed by atoms with Crippen LogP contribution in [0, 0.1) is 0 Å². The molecule has 0 unspecified atom stereocenters. The fraction of sp³-hybridized carbons (Fsp3) is 0.500. The van der Waals surface area contributed by atoms with Gasteiger partial charge in [-0.3, -0.25) is 9.69 Å². The van der Waals surface area contributed by atoms with Crippen molar-refractivity contribution in [2.45, 2.75) is 26.3 Å². The molecule has 3 aromatic rings. The molecule has 0 bridgehead atoms. The number of morpholine rings is 1. The summed E-state index contributed by atoms with van der Waals surface area (Å²) in [5, 5.41) is 13.8. The molecule has 194 valence electrons. The molecule has 4 rings (SSSR count). The van der Waals surface area contributed by atoms with Gasteiger partial charge in [-0.25, -0.2) is 4.98 Å². The molecular weight excluding hydrogens is 456 g/mol. The van der Waals surface area contributed by atoms with Gasteiger partial charge in [-0.2, -0.15) is 4.98 Å². The Balaban J connectivity index is 1.26. The Hall–Kier alpha value is -3.21. The van der Waals surface area contributed by atoms with Crippen molar-refractivity contribution in [3.63, 3.8) is 0 Å². The lowest BCUT2D eigenvalue weighted by atomic mass is 10.2. The summed E-state index contributed by atoms with van der Waals surface area (Å²) in [6, 6.07) is 8.32. The van der Waals surface area contributed by atoms with E-state index in [2.05, 4.69) is 78.1 Å². The average Bonchev–Trinajstić information content (AvgIpc) is 3.39. The number of nitrogens with one attached hydrogen (secondary N) is 4. The maximum atomic E-state index is 12.1. The molecule has 3 heterocycles. The SMILES string of the molecule is CCCNc1nc(NC)nc2cc(-n3ccc(CNCCC(=O)NCCN4CCOCC4)c3)ccc12. The quantitative estimate of drug-likeness (QED) is 0.268. The van der Waals surface area contributed by atoms with Gasteiger partial charge in [0.25, 0.3) is 0 Å². The molecule has 4 N–H and O–H groups in total. The van der Waals surface area contributed by atoms with E-state index in [1.165, 1.54) is 0 Å². The van der Waals surface area contributed by atoms with Crippen molar-refractivity contribution in [1.82, 2.24) is 30.1 Å². The third-order valence-corrected chi connectivity index (χ3v) is 6.21. The second kappa shape index (κ2) is 13.2. The molecule has 0 atom stereocenters. The molecule has 0 radical (unpaired) electrons. The molecule has 1 aromatic carbocycles. The third kappa shape index (κ3) is 7.16. The van der Waals surface area contributed by atoms with E-state index in [-0.39, 0.29) is 5.91 Å². The number of rotatable bonds is 13. The maximum absolute atomic E-state index is 12.1. The molecule has 1 fully saturated rings. The Morgan fingerprint density at radius 1 is 1.11 bits per heavy atom. The summed E-state index contributed by atoms with van der Waals surface area (Å²) in [6.07, 6.45) is 5.65. The molecule has 1 aliphatic heterocycles. The third-order valence-electron chi connectivity index (χ3n) is 6.21. The van der Waals surface area contributed by atoms with Gasteiger partial charge in [-0.15, -0.1) is 0 Å². The highest BCUT2D eigenvalue weighted by molar-refractivity contribution is 5.91. The van der Waals surface area contributed by atoms with Gasteiger partial charge in [0, 0.05) is 82.7 Å². The maximum Gasteiger partial charge on any atom is 0.224 e. The monoisotopic (exact) mass is 494 g/mol. The Morgan fingerprint density at radius 2 is 1.97 bits per heavy atom. The van der Waals surface area contributed by atoms with E-state index in [0.717, 1.165) is 73.8 Å². The fourth-order valence-electron chi connectivity index (χ4n) is 4.18. The highest BCUT2D eigenvalue weighted by atomic mass is 16.5. The van der Waals surface area contributed by atoms with Crippen LogP contribution in [0.3, 0.4) is 0 Å². The van der Waals surface area contributed by atoms with Crippen molar-refractivity contribution in [1.29, 1.82) is 0 Å². The van der Waals surface area contributed by atoms with Crippen molar-refractivity contribution >= 4 is 28.6 Å². The van der Waals surface area contributed by atoms with Crippen LogP contribution in [0.25, 0.3) is 16.6 Å². The second-order valence-electron chi connectivity index (χ2n) is 8.93. The standard InChI is InChI=1S/C26H38N8O2/c1-3-8-30-25-22-5-4-21(17-23(22)31-26(27-2)32-25)34-11-7-20(19-34)18-28-9-6-24(35)29-10-12-33-13-15-36-16-14-33/h4-5,7,11,17,19,28H,3,6,8-10,12-16,18H2,1-2H3,(H,29,35)(H2,27,30,31,32). The van der Waals surface area contributed by atoms with Crippen molar-refractivity contribution in [3.8, 4) is 5.69 Å². The van der Waals surface area contributed by atoms with Gasteiger partial charge >= 0.3 is 0 Å². The Bertz CT molecular complexity index is 1130. The summed E-state index contributed by atoms with van der Waals surface area (Å²) >= 11 is 0. The van der Waals surface area contributed by atoms with Gasteiger partial charge in [0.15, 0.2) is 0 Å². The molecule has 2 aromatic heterocycles. The minimum atomic E-state index is 0.0835. The van der Waals surface area contributed by atoms with Gasteiger partial charge in [0.2, 0.25) is 11.9 Å². The van der Waals surface area contributed by atoms with Crippen molar-refractivity contribution in [3.05, 3.63) is 42.2 Å². The Morgan fingerprint density at radius 3 is 2.78 bits per heavy atom. The molecule has 0 saturated carbocycles. The molecule has 36 heavy (non-hydrogen) atoms. The first-order valence-electron chi connectivity index (χ1n) is 12.8. The summed E-state index contributed by atoms with van der Waals surface area (Å²) < 4.78 is 7.44. The van der Waals surface area contributed by atoms with E-state index in [0.29, 0.717) is 32.0 Å². The van der Waals surface area contributed by atoms with Crippen LogP contribution in [0.5, 0.6) is 0 Å². The normalized spacial score (nSPS) is 14.2. The highest BCUT2D eigenvalue weighted by Crippen LogP contribution is 2.25.